The molecule has 0 aliphatic carbocycles. The van der Waals surface area contributed by atoms with Crippen LogP contribution in [-0.4, -0.2) is 4.98 Å². The van der Waals surface area contributed by atoms with Crippen molar-refractivity contribution in [3.63, 3.8) is 0 Å². The Bertz CT molecular complexity index is 181. The lowest BCUT2D eigenvalue weighted by atomic mass is 10.3. The first-order valence-electron chi connectivity index (χ1n) is 2.74. The van der Waals surface area contributed by atoms with Crippen LogP contribution in [0, 0.1) is 6.42 Å². The summed E-state index contributed by atoms with van der Waals surface area (Å²) in [5.41, 5.74) is 1.01. The van der Waals surface area contributed by atoms with Crippen LogP contribution in [0.1, 0.15) is 12.6 Å². The molecule has 0 spiro atoms. The fourth-order valence-corrected chi connectivity index (χ4v) is 0.793. The van der Waals surface area contributed by atoms with Gasteiger partial charge >= 0.3 is 0 Å². The first kappa shape index (κ1) is 6.75. The van der Waals surface area contributed by atoms with Crippen LogP contribution in [0.2, 0.25) is 0 Å². The molecule has 2 heteroatoms. The maximum atomic E-state index is 4.09. The van der Waals surface area contributed by atoms with Gasteiger partial charge in [-0.05, 0) is 28.1 Å². The lowest BCUT2D eigenvalue weighted by Crippen LogP contribution is -1.80. The molecule has 47 valence electrons. The van der Waals surface area contributed by atoms with Crippen LogP contribution in [0.5, 0.6) is 0 Å². The Kier molecular flexibility index (Phi) is 2.22. The highest BCUT2D eigenvalue weighted by atomic mass is 79.9. The van der Waals surface area contributed by atoms with Crippen molar-refractivity contribution in [2.24, 2.45) is 0 Å². The largest absolute Gasteiger partial charge is 0.260 e. The predicted octanol–water partition coefficient (Wildman–Crippen LogP) is 2.42. The average molecular weight is 185 g/mol. The third-order valence-corrected chi connectivity index (χ3v) is 1.52. The monoisotopic (exact) mass is 184 g/mol. The SMILES string of the molecule is C[CH]c1ccc(Br)cn1. The van der Waals surface area contributed by atoms with Gasteiger partial charge in [0.25, 0.3) is 0 Å². The second-order valence-corrected chi connectivity index (χ2v) is 2.61. The Labute approximate surface area is 63.2 Å². The highest BCUT2D eigenvalue weighted by Gasteiger charge is 1.87. The van der Waals surface area contributed by atoms with Crippen molar-refractivity contribution < 1.29 is 0 Å². The molecular weight excluding hydrogens is 178 g/mol. The van der Waals surface area contributed by atoms with Crippen molar-refractivity contribution in [2.45, 2.75) is 6.92 Å². The molecule has 0 unspecified atom stereocenters. The number of rotatable bonds is 1. The van der Waals surface area contributed by atoms with Crippen LogP contribution >= 0.6 is 15.9 Å². The minimum Gasteiger partial charge on any atom is -0.260 e. The lowest BCUT2D eigenvalue weighted by molar-refractivity contribution is 1.19. The van der Waals surface area contributed by atoms with Gasteiger partial charge in [-0.1, -0.05) is 6.92 Å². The molecule has 1 rings (SSSR count). The van der Waals surface area contributed by atoms with Gasteiger partial charge in [-0.3, -0.25) is 4.98 Å². The van der Waals surface area contributed by atoms with E-state index in [0.29, 0.717) is 0 Å². The topological polar surface area (TPSA) is 12.9 Å². The van der Waals surface area contributed by atoms with Gasteiger partial charge in [-0.15, -0.1) is 0 Å². The summed E-state index contributed by atoms with van der Waals surface area (Å²) in [6, 6.07) is 3.94. The molecule has 0 amide bonds. The zero-order chi connectivity index (χ0) is 6.69. The fourth-order valence-electron chi connectivity index (χ4n) is 0.558. The molecule has 1 aromatic heterocycles. The Hall–Kier alpha value is -0.370. The van der Waals surface area contributed by atoms with Gasteiger partial charge < -0.3 is 0 Å². The molecule has 0 N–H and O–H groups in total. The van der Waals surface area contributed by atoms with Crippen LogP contribution in [0.15, 0.2) is 22.8 Å². The Morgan fingerprint density at radius 1 is 1.56 bits per heavy atom. The molecule has 1 aromatic rings. The second kappa shape index (κ2) is 2.97. The third-order valence-electron chi connectivity index (χ3n) is 1.05. The zero-order valence-electron chi connectivity index (χ0n) is 5.13. The van der Waals surface area contributed by atoms with E-state index in [1.807, 2.05) is 25.5 Å². The van der Waals surface area contributed by atoms with Gasteiger partial charge in [-0.2, -0.15) is 0 Å². The smallest absolute Gasteiger partial charge is 0.0439 e. The predicted molar refractivity (Wildman–Crippen MR) is 41.0 cm³/mol. The van der Waals surface area contributed by atoms with E-state index in [1.54, 1.807) is 6.20 Å². The molecule has 1 radical (unpaired) electrons. The number of halogens is 1. The quantitative estimate of drug-likeness (QED) is 0.654. The summed E-state index contributed by atoms with van der Waals surface area (Å²) in [6.45, 7) is 1.97. The van der Waals surface area contributed by atoms with Crippen molar-refractivity contribution in [2.75, 3.05) is 0 Å². The first-order chi connectivity index (χ1) is 4.33. The molecular formula is C7H7BrN. The van der Waals surface area contributed by atoms with E-state index in [9.17, 15) is 0 Å². The summed E-state index contributed by atoms with van der Waals surface area (Å²) in [6.07, 6.45) is 3.75. The second-order valence-electron chi connectivity index (χ2n) is 1.69. The molecule has 0 saturated carbocycles. The van der Waals surface area contributed by atoms with Gasteiger partial charge in [0.15, 0.2) is 0 Å². The number of aromatic nitrogens is 1. The van der Waals surface area contributed by atoms with Crippen molar-refractivity contribution in [1.82, 2.24) is 4.98 Å². The van der Waals surface area contributed by atoms with E-state index in [-0.39, 0.29) is 0 Å². The molecule has 9 heavy (non-hydrogen) atoms. The first-order valence-corrected chi connectivity index (χ1v) is 3.53. The molecule has 0 aromatic carbocycles. The normalized spacial score (nSPS) is 9.56. The van der Waals surface area contributed by atoms with Crippen molar-refractivity contribution in [3.05, 3.63) is 34.9 Å². The summed E-state index contributed by atoms with van der Waals surface area (Å²) in [4.78, 5) is 4.09. The highest BCUT2D eigenvalue weighted by Crippen LogP contribution is 2.07. The molecule has 0 aliphatic heterocycles. The maximum absolute atomic E-state index is 4.09. The van der Waals surface area contributed by atoms with Crippen LogP contribution in [0.3, 0.4) is 0 Å². The van der Waals surface area contributed by atoms with E-state index in [4.69, 9.17) is 0 Å². The Balaban J connectivity index is 2.88. The zero-order valence-corrected chi connectivity index (χ0v) is 6.72. The molecule has 0 atom stereocenters. The molecule has 0 bridgehead atoms. The van der Waals surface area contributed by atoms with Gasteiger partial charge in [-0.25, -0.2) is 0 Å². The van der Waals surface area contributed by atoms with E-state index < -0.39 is 0 Å². The van der Waals surface area contributed by atoms with Crippen LogP contribution < -0.4 is 0 Å². The Morgan fingerprint density at radius 3 is 2.78 bits per heavy atom. The van der Waals surface area contributed by atoms with Crippen LogP contribution in [0.4, 0.5) is 0 Å². The molecule has 1 heterocycles. The van der Waals surface area contributed by atoms with Gasteiger partial charge in [0.1, 0.15) is 0 Å². The standard InChI is InChI=1S/C7H7BrN/c1-2-7-4-3-6(8)5-9-7/h2-5H,1H3. The average Bonchev–Trinajstić information content (AvgIpc) is 1.90. The van der Waals surface area contributed by atoms with E-state index in [2.05, 4.69) is 20.9 Å². The number of nitrogens with zero attached hydrogens (tertiary/aromatic N) is 1. The molecule has 0 fully saturated rings. The summed E-state index contributed by atoms with van der Waals surface area (Å²) >= 11 is 3.30. The summed E-state index contributed by atoms with van der Waals surface area (Å²) in [7, 11) is 0. The minimum absolute atomic E-state index is 1.01. The summed E-state index contributed by atoms with van der Waals surface area (Å²) < 4.78 is 1.02. The summed E-state index contributed by atoms with van der Waals surface area (Å²) in [5, 5.41) is 0. The fraction of sp³-hybridized carbons (Fsp3) is 0.143. The van der Waals surface area contributed by atoms with E-state index in [1.165, 1.54) is 0 Å². The highest BCUT2D eigenvalue weighted by molar-refractivity contribution is 9.10. The van der Waals surface area contributed by atoms with Gasteiger partial charge in [0, 0.05) is 22.8 Å². The minimum atomic E-state index is 1.01. The lowest BCUT2D eigenvalue weighted by Gasteiger charge is -1.92. The van der Waals surface area contributed by atoms with Crippen molar-refractivity contribution >= 4 is 15.9 Å². The molecule has 1 nitrogen and oxygen atoms in total. The Morgan fingerprint density at radius 2 is 2.33 bits per heavy atom. The number of pyridine rings is 1. The van der Waals surface area contributed by atoms with Crippen molar-refractivity contribution in [3.8, 4) is 0 Å². The van der Waals surface area contributed by atoms with Crippen LogP contribution in [-0.2, 0) is 0 Å². The molecule has 0 aliphatic rings. The molecule has 0 saturated heterocycles. The van der Waals surface area contributed by atoms with E-state index in [0.717, 1.165) is 10.2 Å². The van der Waals surface area contributed by atoms with Gasteiger partial charge in [0.05, 0.1) is 0 Å². The van der Waals surface area contributed by atoms with E-state index >= 15 is 0 Å². The van der Waals surface area contributed by atoms with Crippen molar-refractivity contribution in [1.29, 1.82) is 0 Å². The van der Waals surface area contributed by atoms with Crippen LogP contribution in [0.25, 0.3) is 0 Å². The number of hydrogen-bond acceptors (Lipinski definition) is 1. The maximum Gasteiger partial charge on any atom is 0.0439 e. The van der Waals surface area contributed by atoms with Gasteiger partial charge in [0.2, 0.25) is 0 Å². The third kappa shape index (κ3) is 1.79. The summed E-state index contributed by atoms with van der Waals surface area (Å²) in [5.74, 6) is 0. The number of hydrogen-bond donors (Lipinski definition) is 0.